The van der Waals surface area contributed by atoms with E-state index in [0.29, 0.717) is 12.2 Å². The molecule has 0 aliphatic carbocycles. The number of hydrogen-bond donors (Lipinski definition) is 1. The Bertz CT molecular complexity index is 805. The molecule has 0 saturated carbocycles. The summed E-state index contributed by atoms with van der Waals surface area (Å²) in [6.45, 7) is 2.50. The molecular formula is C17H14O3S. The Morgan fingerprint density at radius 2 is 2.05 bits per heavy atom. The van der Waals surface area contributed by atoms with Crippen molar-refractivity contribution in [2.24, 2.45) is 0 Å². The third-order valence-electron chi connectivity index (χ3n) is 3.38. The van der Waals surface area contributed by atoms with E-state index in [2.05, 4.69) is 0 Å². The number of hydrogen-bond acceptors (Lipinski definition) is 3. The average Bonchev–Trinajstić information content (AvgIpc) is 2.88. The van der Waals surface area contributed by atoms with Gasteiger partial charge in [0.2, 0.25) is 0 Å². The van der Waals surface area contributed by atoms with Crippen molar-refractivity contribution in [3.05, 3.63) is 64.5 Å². The van der Waals surface area contributed by atoms with Crippen LogP contribution in [0.25, 0.3) is 10.1 Å². The summed E-state index contributed by atoms with van der Waals surface area (Å²) >= 11 is 1.54. The first-order chi connectivity index (χ1) is 10.1. The third-order valence-corrected chi connectivity index (χ3v) is 4.37. The summed E-state index contributed by atoms with van der Waals surface area (Å²) in [6.07, 6.45) is 0. The Labute approximate surface area is 126 Å². The molecule has 1 N–H and O–H groups in total. The van der Waals surface area contributed by atoms with Gasteiger partial charge >= 0.3 is 5.97 Å². The predicted octanol–water partition coefficient (Wildman–Crippen LogP) is 4.49. The van der Waals surface area contributed by atoms with Crippen LogP contribution >= 0.6 is 11.3 Å². The summed E-state index contributed by atoms with van der Waals surface area (Å²) in [7, 11) is 0. The van der Waals surface area contributed by atoms with Crippen LogP contribution in [0, 0.1) is 6.92 Å². The smallest absolute Gasteiger partial charge is 0.335 e. The van der Waals surface area contributed by atoms with Crippen LogP contribution in [0.1, 0.15) is 21.5 Å². The van der Waals surface area contributed by atoms with E-state index in [-0.39, 0.29) is 0 Å². The molecule has 0 amide bonds. The van der Waals surface area contributed by atoms with E-state index in [9.17, 15) is 4.79 Å². The molecular weight excluding hydrogens is 284 g/mol. The van der Waals surface area contributed by atoms with Crippen LogP contribution < -0.4 is 4.74 Å². The maximum atomic E-state index is 11.0. The van der Waals surface area contributed by atoms with Crippen molar-refractivity contribution < 1.29 is 14.6 Å². The number of ether oxygens (including phenoxy) is 1. The highest BCUT2D eigenvalue weighted by atomic mass is 32.1. The highest BCUT2D eigenvalue weighted by Crippen LogP contribution is 2.28. The molecule has 4 heteroatoms. The van der Waals surface area contributed by atoms with Crippen molar-refractivity contribution in [1.82, 2.24) is 0 Å². The molecule has 0 spiro atoms. The molecule has 1 aromatic heterocycles. The molecule has 0 fully saturated rings. The van der Waals surface area contributed by atoms with Gasteiger partial charge in [0.25, 0.3) is 0 Å². The summed E-state index contributed by atoms with van der Waals surface area (Å²) in [4.78, 5) is 11.0. The predicted molar refractivity (Wildman–Crippen MR) is 84.3 cm³/mol. The minimum atomic E-state index is -0.900. The zero-order valence-corrected chi connectivity index (χ0v) is 12.3. The topological polar surface area (TPSA) is 46.5 Å². The van der Waals surface area contributed by atoms with Gasteiger partial charge < -0.3 is 9.84 Å². The molecule has 3 rings (SSSR count). The molecule has 3 aromatic rings. The second kappa shape index (κ2) is 5.58. The molecule has 0 bridgehead atoms. The number of para-hydroxylation sites is 1. The van der Waals surface area contributed by atoms with Crippen LogP contribution in [0.5, 0.6) is 5.75 Å². The zero-order chi connectivity index (χ0) is 14.8. The molecule has 0 radical (unpaired) electrons. The standard InChI is InChI=1S/C17H14O3S/c1-11-4-2-3-5-15(11)20-9-13-10-21-16-8-12(17(18)19)6-7-14(13)16/h2-8,10H,9H2,1H3,(H,18,19). The van der Waals surface area contributed by atoms with E-state index >= 15 is 0 Å². The number of benzene rings is 2. The number of aromatic carboxylic acids is 1. The molecule has 21 heavy (non-hydrogen) atoms. The summed E-state index contributed by atoms with van der Waals surface area (Å²) in [5.74, 6) is -0.0259. The van der Waals surface area contributed by atoms with E-state index < -0.39 is 5.97 Å². The van der Waals surface area contributed by atoms with Crippen molar-refractivity contribution in [3.63, 3.8) is 0 Å². The molecule has 106 valence electrons. The minimum absolute atomic E-state index is 0.315. The van der Waals surface area contributed by atoms with Crippen LogP contribution in [0.3, 0.4) is 0 Å². The first kappa shape index (κ1) is 13.6. The van der Waals surface area contributed by atoms with Crippen LogP contribution in [-0.2, 0) is 6.61 Å². The number of carbonyl (C=O) groups is 1. The monoisotopic (exact) mass is 298 g/mol. The van der Waals surface area contributed by atoms with Gasteiger partial charge in [-0.15, -0.1) is 11.3 Å². The van der Waals surface area contributed by atoms with Gasteiger partial charge in [-0.2, -0.15) is 0 Å². The Hall–Kier alpha value is -2.33. The molecule has 0 atom stereocenters. The summed E-state index contributed by atoms with van der Waals surface area (Å²) in [5, 5.41) is 12.1. The minimum Gasteiger partial charge on any atom is -0.489 e. The van der Waals surface area contributed by atoms with Gasteiger partial charge in [0, 0.05) is 10.3 Å². The number of fused-ring (bicyclic) bond motifs is 1. The largest absolute Gasteiger partial charge is 0.489 e. The zero-order valence-electron chi connectivity index (χ0n) is 11.5. The van der Waals surface area contributed by atoms with Gasteiger partial charge in [0.1, 0.15) is 12.4 Å². The number of rotatable bonds is 4. The molecule has 0 unspecified atom stereocenters. The normalized spacial score (nSPS) is 10.7. The summed E-state index contributed by atoms with van der Waals surface area (Å²) in [6, 6.07) is 13.1. The van der Waals surface area contributed by atoms with Crippen molar-refractivity contribution in [3.8, 4) is 5.75 Å². The van der Waals surface area contributed by atoms with Crippen LogP contribution in [0.15, 0.2) is 47.8 Å². The van der Waals surface area contributed by atoms with Gasteiger partial charge in [-0.3, -0.25) is 0 Å². The summed E-state index contributed by atoms with van der Waals surface area (Å²) < 4.78 is 6.83. The van der Waals surface area contributed by atoms with Crippen molar-refractivity contribution in [2.75, 3.05) is 0 Å². The maximum absolute atomic E-state index is 11.0. The van der Waals surface area contributed by atoms with E-state index in [0.717, 1.165) is 27.0 Å². The van der Waals surface area contributed by atoms with Gasteiger partial charge in [-0.1, -0.05) is 24.3 Å². The number of carboxylic acids is 1. The van der Waals surface area contributed by atoms with Gasteiger partial charge in [-0.25, -0.2) is 4.79 Å². The Morgan fingerprint density at radius 3 is 2.81 bits per heavy atom. The Morgan fingerprint density at radius 1 is 1.24 bits per heavy atom. The molecule has 3 nitrogen and oxygen atoms in total. The van der Waals surface area contributed by atoms with E-state index in [4.69, 9.17) is 9.84 Å². The lowest BCUT2D eigenvalue weighted by Crippen LogP contribution is -1.97. The number of carboxylic acid groups (broad SMARTS) is 1. The Balaban J connectivity index is 1.85. The fourth-order valence-electron chi connectivity index (χ4n) is 2.20. The lowest BCUT2D eigenvalue weighted by Gasteiger charge is -2.08. The molecule has 2 aromatic carbocycles. The first-order valence-electron chi connectivity index (χ1n) is 6.57. The van der Waals surface area contributed by atoms with Crippen molar-refractivity contribution in [1.29, 1.82) is 0 Å². The lowest BCUT2D eigenvalue weighted by molar-refractivity contribution is 0.0697. The highest BCUT2D eigenvalue weighted by molar-refractivity contribution is 7.17. The quantitative estimate of drug-likeness (QED) is 0.772. The molecule has 0 aliphatic rings. The second-order valence-electron chi connectivity index (χ2n) is 4.83. The van der Waals surface area contributed by atoms with Gasteiger partial charge in [0.15, 0.2) is 0 Å². The first-order valence-corrected chi connectivity index (χ1v) is 7.45. The van der Waals surface area contributed by atoms with Crippen molar-refractivity contribution >= 4 is 27.4 Å². The maximum Gasteiger partial charge on any atom is 0.335 e. The van der Waals surface area contributed by atoms with E-state index in [1.165, 1.54) is 0 Å². The fraction of sp³-hybridized carbons (Fsp3) is 0.118. The average molecular weight is 298 g/mol. The van der Waals surface area contributed by atoms with Crippen molar-refractivity contribution in [2.45, 2.75) is 13.5 Å². The van der Waals surface area contributed by atoms with E-state index in [1.54, 1.807) is 23.5 Å². The fourth-order valence-corrected chi connectivity index (χ4v) is 3.19. The number of aryl methyl sites for hydroxylation is 1. The lowest BCUT2D eigenvalue weighted by atomic mass is 10.1. The van der Waals surface area contributed by atoms with Gasteiger partial charge in [-0.05, 0) is 41.5 Å². The molecule has 0 aliphatic heterocycles. The van der Waals surface area contributed by atoms with Crippen LogP contribution in [0.2, 0.25) is 0 Å². The van der Waals surface area contributed by atoms with E-state index in [1.807, 2.05) is 42.6 Å². The third kappa shape index (κ3) is 2.76. The SMILES string of the molecule is Cc1ccccc1OCc1csc2cc(C(=O)O)ccc12. The van der Waals surface area contributed by atoms with Crippen LogP contribution in [-0.4, -0.2) is 11.1 Å². The highest BCUT2D eigenvalue weighted by Gasteiger charge is 2.09. The van der Waals surface area contributed by atoms with Gasteiger partial charge in [0.05, 0.1) is 5.56 Å². The molecule has 1 heterocycles. The number of thiophene rings is 1. The van der Waals surface area contributed by atoms with Crippen LogP contribution in [0.4, 0.5) is 0 Å². The Kier molecular flexibility index (Phi) is 3.62. The summed E-state index contributed by atoms with van der Waals surface area (Å²) in [5.41, 5.74) is 2.50. The second-order valence-corrected chi connectivity index (χ2v) is 5.74. The molecule has 0 saturated heterocycles.